The molecule has 0 saturated carbocycles. The lowest BCUT2D eigenvalue weighted by molar-refractivity contribution is -0.159. The zero-order valence-electron chi connectivity index (χ0n) is 12.5. The molecule has 7 heteroatoms. The SMILES string of the molecule is COc1ccc([C@H](O)[C@H](N=[N+]=[N-])C(=O)OC(C)(C)C)cc1. The van der Waals surface area contributed by atoms with Gasteiger partial charge in [0.2, 0.25) is 0 Å². The van der Waals surface area contributed by atoms with Crippen LogP contribution in [0.4, 0.5) is 0 Å². The van der Waals surface area contributed by atoms with Crippen LogP contribution in [0.15, 0.2) is 29.4 Å². The van der Waals surface area contributed by atoms with E-state index in [1.165, 1.54) is 7.11 Å². The third-order valence-electron chi connectivity index (χ3n) is 2.58. The number of rotatable bonds is 5. The number of ether oxygens (including phenoxy) is 2. The Morgan fingerprint density at radius 1 is 1.33 bits per heavy atom. The first-order valence-corrected chi connectivity index (χ1v) is 6.37. The molecule has 2 atom stereocenters. The van der Waals surface area contributed by atoms with Crippen molar-refractivity contribution in [1.29, 1.82) is 0 Å². The summed E-state index contributed by atoms with van der Waals surface area (Å²) in [6.07, 6.45) is -1.29. The van der Waals surface area contributed by atoms with Crippen molar-refractivity contribution in [2.24, 2.45) is 5.11 Å². The van der Waals surface area contributed by atoms with E-state index in [9.17, 15) is 9.90 Å². The highest BCUT2D eigenvalue weighted by atomic mass is 16.6. The zero-order valence-corrected chi connectivity index (χ0v) is 12.5. The molecule has 0 unspecified atom stereocenters. The molecular weight excluding hydrogens is 274 g/mol. The number of nitrogens with zero attached hydrogens (tertiary/aromatic N) is 3. The van der Waals surface area contributed by atoms with Crippen molar-refractivity contribution < 1.29 is 19.4 Å². The average molecular weight is 293 g/mol. The number of aliphatic hydroxyl groups is 1. The number of benzene rings is 1. The highest BCUT2D eigenvalue weighted by molar-refractivity contribution is 5.77. The van der Waals surface area contributed by atoms with Gasteiger partial charge in [-0.3, -0.25) is 4.79 Å². The molecule has 7 nitrogen and oxygen atoms in total. The van der Waals surface area contributed by atoms with Crippen LogP contribution in [-0.4, -0.2) is 29.8 Å². The number of hydrogen-bond donors (Lipinski definition) is 1. The summed E-state index contributed by atoms with van der Waals surface area (Å²) in [5, 5.41) is 13.6. The zero-order chi connectivity index (χ0) is 16.0. The first-order chi connectivity index (χ1) is 9.78. The van der Waals surface area contributed by atoms with Crippen LogP contribution in [0.3, 0.4) is 0 Å². The maximum absolute atomic E-state index is 12.0. The van der Waals surface area contributed by atoms with Crippen molar-refractivity contribution >= 4 is 5.97 Å². The van der Waals surface area contributed by atoms with E-state index in [1.807, 2.05) is 0 Å². The molecule has 0 aliphatic carbocycles. The molecule has 1 N–H and O–H groups in total. The third-order valence-corrected chi connectivity index (χ3v) is 2.58. The second-order valence-corrected chi connectivity index (χ2v) is 5.40. The lowest BCUT2D eigenvalue weighted by atomic mass is 10.0. The Bertz CT molecular complexity index is 530. The summed E-state index contributed by atoms with van der Waals surface area (Å²) in [6.45, 7) is 5.08. The lowest BCUT2D eigenvalue weighted by Gasteiger charge is -2.24. The predicted octanol–water partition coefficient (Wildman–Crippen LogP) is 2.75. The minimum atomic E-state index is -1.34. The summed E-state index contributed by atoms with van der Waals surface area (Å²) >= 11 is 0. The van der Waals surface area contributed by atoms with Crippen molar-refractivity contribution in [3.63, 3.8) is 0 Å². The van der Waals surface area contributed by atoms with E-state index in [-0.39, 0.29) is 0 Å². The fourth-order valence-corrected chi connectivity index (χ4v) is 1.64. The molecule has 0 radical (unpaired) electrons. The summed E-state index contributed by atoms with van der Waals surface area (Å²) in [7, 11) is 1.52. The first-order valence-electron chi connectivity index (χ1n) is 6.37. The van der Waals surface area contributed by atoms with Gasteiger partial charge in [0.05, 0.1) is 13.2 Å². The van der Waals surface area contributed by atoms with Crippen molar-refractivity contribution in [2.75, 3.05) is 7.11 Å². The summed E-state index contributed by atoms with van der Waals surface area (Å²) < 4.78 is 10.2. The monoisotopic (exact) mass is 293 g/mol. The second-order valence-electron chi connectivity index (χ2n) is 5.40. The molecule has 1 aromatic rings. The van der Waals surface area contributed by atoms with Crippen LogP contribution in [0, 0.1) is 0 Å². The van der Waals surface area contributed by atoms with Crippen LogP contribution < -0.4 is 4.74 Å². The summed E-state index contributed by atoms with van der Waals surface area (Å²) in [5.74, 6) is -0.160. The molecule has 0 heterocycles. The van der Waals surface area contributed by atoms with Gasteiger partial charge >= 0.3 is 5.97 Å². The Hall–Kier alpha value is -2.24. The minimum Gasteiger partial charge on any atom is -0.497 e. The molecule has 114 valence electrons. The third kappa shape index (κ3) is 4.98. The highest BCUT2D eigenvalue weighted by Gasteiger charge is 2.31. The average Bonchev–Trinajstić information content (AvgIpc) is 2.42. The second kappa shape index (κ2) is 6.97. The number of esters is 1. The number of azide groups is 1. The Balaban J connectivity index is 2.98. The van der Waals surface area contributed by atoms with Crippen molar-refractivity contribution in [3.8, 4) is 5.75 Å². The number of aliphatic hydroxyl groups excluding tert-OH is 1. The molecule has 0 fully saturated rings. The molecule has 1 aromatic carbocycles. The molecule has 0 aromatic heterocycles. The maximum atomic E-state index is 12.0. The number of methoxy groups -OCH3 is 1. The van der Waals surface area contributed by atoms with Crippen molar-refractivity contribution in [3.05, 3.63) is 40.3 Å². The molecule has 0 amide bonds. The van der Waals surface area contributed by atoms with E-state index >= 15 is 0 Å². The van der Waals surface area contributed by atoms with Gasteiger partial charge in [0.25, 0.3) is 0 Å². The van der Waals surface area contributed by atoms with Crippen LogP contribution in [0.5, 0.6) is 5.75 Å². The van der Waals surface area contributed by atoms with E-state index in [2.05, 4.69) is 10.0 Å². The molecule has 0 saturated heterocycles. The number of carbonyl (C=O) groups excluding carboxylic acids is 1. The van der Waals surface area contributed by atoms with Crippen molar-refractivity contribution in [1.82, 2.24) is 0 Å². The molecule has 1 rings (SSSR count). The smallest absolute Gasteiger partial charge is 0.318 e. The lowest BCUT2D eigenvalue weighted by Crippen LogP contribution is -2.34. The van der Waals surface area contributed by atoms with Crippen LogP contribution in [-0.2, 0) is 9.53 Å². The summed E-state index contributed by atoms with van der Waals surface area (Å²) in [4.78, 5) is 14.6. The van der Waals surface area contributed by atoms with Gasteiger partial charge in [-0.1, -0.05) is 17.2 Å². The maximum Gasteiger partial charge on any atom is 0.318 e. The molecule has 0 bridgehead atoms. The quantitative estimate of drug-likeness (QED) is 0.390. The summed E-state index contributed by atoms with van der Waals surface area (Å²) in [5.41, 5.74) is 8.27. The van der Waals surface area contributed by atoms with Gasteiger partial charge in [0, 0.05) is 4.91 Å². The largest absolute Gasteiger partial charge is 0.497 e. The topological polar surface area (TPSA) is 105 Å². The molecule has 0 spiro atoms. The number of carbonyl (C=O) groups is 1. The van der Waals surface area contributed by atoms with Gasteiger partial charge in [0.1, 0.15) is 11.4 Å². The Kier molecular flexibility index (Phi) is 5.58. The van der Waals surface area contributed by atoms with Gasteiger partial charge in [-0.2, -0.15) is 0 Å². The van der Waals surface area contributed by atoms with Gasteiger partial charge in [-0.05, 0) is 44.0 Å². The van der Waals surface area contributed by atoms with E-state index in [4.69, 9.17) is 15.0 Å². The Morgan fingerprint density at radius 3 is 2.33 bits per heavy atom. The number of hydrogen-bond acceptors (Lipinski definition) is 5. The minimum absolute atomic E-state index is 0.430. The normalized spacial score (nSPS) is 13.8. The van der Waals surface area contributed by atoms with Crippen LogP contribution in [0.2, 0.25) is 0 Å². The first kappa shape index (κ1) is 16.8. The Morgan fingerprint density at radius 2 is 1.90 bits per heavy atom. The van der Waals surface area contributed by atoms with E-state index < -0.39 is 23.7 Å². The van der Waals surface area contributed by atoms with Gasteiger partial charge in [-0.15, -0.1) is 0 Å². The fraction of sp³-hybridized carbons (Fsp3) is 0.500. The standard InChI is InChI=1S/C14H19N3O4/c1-14(2,3)21-13(19)11(16-17-15)12(18)9-5-7-10(20-4)8-6-9/h5-8,11-12,18H,1-4H3/t11-,12-/m0/s1. The van der Waals surface area contributed by atoms with Crippen molar-refractivity contribution in [2.45, 2.75) is 38.5 Å². The van der Waals surface area contributed by atoms with Gasteiger partial charge < -0.3 is 14.6 Å². The molecule has 21 heavy (non-hydrogen) atoms. The van der Waals surface area contributed by atoms with Crippen LogP contribution in [0.25, 0.3) is 10.4 Å². The predicted molar refractivity (Wildman–Crippen MR) is 76.7 cm³/mol. The highest BCUT2D eigenvalue weighted by Crippen LogP contribution is 2.24. The van der Waals surface area contributed by atoms with Gasteiger partial charge in [0.15, 0.2) is 6.04 Å². The Labute approximate surface area is 123 Å². The summed E-state index contributed by atoms with van der Waals surface area (Å²) in [6, 6.07) is 5.12. The fourth-order valence-electron chi connectivity index (χ4n) is 1.64. The van der Waals surface area contributed by atoms with Crippen LogP contribution >= 0.6 is 0 Å². The molecule has 0 aliphatic rings. The molecule has 0 aliphatic heterocycles. The van der Waals surface area contributed by atoms with E-state index in [1.54, 1.807) is 45.0 Å². The van der Waals surface area contributed by atoms with E-state index in [0.29, 0.717) is 11.3 Å². The van der Waals surface area contributed by atoms with E-state index in [0.717, 1.165) is 0 Å². The van der Waals surface area contributed by atoms with Gasteiger partial charge in [-0.25, -0.2) is 0 Å². The molecular formula is C14H19N3O4. The van der Waals surface area contributed by atoms with Crippen LogP contribution in [0.1, 0.15) is 32.4 Å².